The van der Waals surface area contributed by atoms with Crippen LogP contribution in [-0.2, 0) is 0 Å². The lowest BCUT2D eigenvalue weighted by Gasteiger charge is -1.99. The van der Waals surface area contributed by atoms with Gasteiger partial charge >= 0.3 is 5.69 Å². The highest BCUT2D eigenvalue weighted by Gasteiger charge is 2.01. The molecule has 100 valence electrons. The highest BCUT2D eigenvalue weighted by atomic mass is 35.5. The number of imidazole rings is 1. The Kier molecular flexibility index (Phi) is 3.04. The van der Waals surface area contributed by atoms with Crippen molar-refractivity contribution in [1.82, 2.24) is 9.97 Å². The summed E-state index contributed by atoms with van der Waals surface area (Å²) >= 11 is 5.86. The maximum absolute atomic E-state index is 11.2. The van der Waals surface area contributed by atoms with Gasteiger partial charge in [0.2, 0.25) is 0 Å². The van der Waals surface area contributed by atoms with Crippen molar-refractivity contribution in [1.29, 1.82) is 0 Å². The summed E-state index contributed by atoms with van der Waals surface area (Å²) in [6.45, 7) is 0. The topological polar surface area (TPSA) is 81.2 Å². The Hall–Kier alpha value is -2.53. The molecule has 20 heavy (non-hydrogen) atoms. The number of phenols is 1. The molecule has 1 heterocycles. The molecule has 0 radical (unpaired) electrons. The molecule has 5 nitrogen and oxygen atoms in total. The molecule has 6 heteroatoms. The summed E-state index contributed by atoms with van der Waals surface area (Å²) in [6.07, 6.45) is 1.52. The molecule has 1 aromatic heterocycles. The number of nitrogens with zero attached hydrogens (tertiary/aromatic N) is 1. The Morgan fingerprint density at radius 1 is 1.10 bits per heavy atom. The van der Waals surface area contributed by atoms with Gasteiger partial charge in [0.05, 0.1) is 16.7 Å². The maximum atomic E-state index is 11.2. The highest BCUT2D eigenvalue weighted by Crippen LogP contribution is 2.22. The second-order valence-electron chi connectivity index (χ2n) is 4.27. The van der Waals surface area contributed by atoms with Gasteiger partial charge in [-0.3, -0.25) is 4.99 Å². The summed E-state index contributed by atoms with van der Waals surface area (Å²) in [4.78, 5) is 20.7. The van der Waals surface area contributed by atoms with Crippen LogP contribution in [0.2, 0.25) is 5.02 Å². The SMILES string of the molecule is O=c1[nH]c2ccc(/N=C/c3cc(Cl)ccc3O)cc2[nH]1. The van der Waals surface area contributed by atoms with Crippen LogP contribution >= 0.6 is 11.6 Å². The van der Waals surface area contributed by atoms with Crippen molar-refractivity contribution in [2.75, 3.05) is 0 Å². The van der Waals surface area contributed by atoms with E-state index in [1.165, 1.54) is 12.3 Å². The number of hydrogen-bond donors (Lipinski definition) is 3. The minimum Gasteiger partial charge on any atom is -0.507 e. The first-order chi connectivity index (χ1) is 9.61. The molecule has 0 spiro atoms. The molecule has 2 aromatic carbocycles. The maximum Gasteiger partial charge on any atom is 0.323 e. The van der Waals surface area contributed by atoms with Crippen LogP contribution in [0.5, 0.6) is 5.75 Å². The summed E-state index contributed by atoms with van der Waals surface area (Å²) < 4.78 is 0. The van der Waals surface area contributed by atoms with Crippen LogP contribution in [0.4, 0.5) is 5.69 Å². The van der Waals surface area contributed by atoms with Crippen molar-refractivity contribution in [3.8, 4) is 5.75 Å². The summed E-state index contributed by atoms with van der Waals surface area (Å²) in [5, 5.41) is 10.2. The van der Waals surface area contributed by atoms with Crippen LogP contribution in [-0.4, -0.2) is 21.3 Å². The van der Waals surface area contributed by atoms with Crippen molar-refractivity contribution >= 4 is 34.5 Å². The Labute approximate surface area is 118 Å². The largest absolute Gasteiger partial charge is 0.507 e. The van der Waals surface area contributed by atoms with Crippen LogP contribution in [0.1, 0.15) is 5.56 Å². The smallest absolute Gasteiger partial charge is 0.323 e. The number of rotatable bonds is 2. The van der Waals surface area contributed by atoms with Gasteiger partial charge < -0.3 is 15.1 Å². The molecule has 0 atom stereocenters. The van der Waals surface area contributed by atoms with Gasteiger partial charge in [0, 0.05) is 16.8 Å². The quantitative estimate of drug-likeness (QED) is 0.633. The summed E-state index contributed by atoms with van der Waals surface area (Å²) in [5.41, 5.74) is 2.33. The van der Waals surface area contributed by atoms with E-state index in [2.05, 4.69) is 15.0 Å². The fourth-order valence-corrected chi connectivity index (χ4v) is 2.05. The summed E-state index contributed by atoms with van der Waals surface area (Å²) in [5.74, 6) is 0.106. The number of H-pyrrole nitrogens is 2. The van der Waals surface area contributed by atoms with Crippen molar-refractivity contribution < 1.29 is 5.11 Å². The average Bonchev–Trinajstić information content (AvgIpc) is 2.79. The molecule has 0 aliphatic carbocycles. The Morgan fingerprint density at radius 2 is 1.90 bits per heavy atom. The Bertz CT molecular complexity index is 864. The molecule has 0 aliphatic rings. The number of aromatic hydroxyl groups is 1. The lowest BCUT2D eigenvalue weighted by atomic mass is 10.2. The third-order valence-electron chi connectivity index (χ3n) is 2.84. The van der Waals surface area contributed by atoms with E-state index in [4.69, 9.17) is 11.6 Å². The minimum atomic E-state index is -0.256. The highest BCUT2D eigenvalue weighted by molar-refractivity contribution is 6.30. The van der Waals surface area contributed by atoms with E-state index < -0.39 is 0 Å². The second kappa shape index (κ2) is 4.86. The molecule has 0 unspecified atom stereocenters. The van der Waals surface area contributed by atoms with E-state index in [-0.39, 0.29) is 11.4 Å². The Morgan fingerprint density at radius 3 is 2.75 bits per heavy atom. The van der Waals surface area contributed by atoms with Crippen molar-refractivity contribution in [2.24, 2.45) is 4.99 Å². The number of aliphatic imine (C=N–C) groups is 1. The summed E-state index contributed by atoms with van der Waals surface area (Å²) in [6, 6.07) is 10.0. The molecule has 3 rings (SSSR count). The number of benzene rings is 2. The van der Waals surface area contributed by atoms with Gasteiger partial charge in [-0.25, -0.2) is 4.79 Å². The lowest BCUT2D eigenvalue weighted by molar-refractivity contribution is 0.474. The number of phenolic OH excluding ortho intramolecular Hbond substituents is 1. The Balaban J connectivity index is 1.97. The first-order valence-corrected chi connectivity index (χ1v) is 6.24. The van der Waals surface area contributed by atoms with Crippen molar-refractivity contribution in [3.05, 3.63) is 57.5 Å². The number of hydrogen-bond acceptors (Lipinski definition) is 3. The zero-order valence-corrected chi connectivity index (χ0v) is 11.0. The number of fused-ring (bicyclic) bond motifs is 1. The second-order valence-corrected chi connectivity index (χ2v) is 4.71. The van der Waals surface area contributed by atoms with Gasteiger partial charge in [0.1, 0.15) is 5.75 Å². The normalized spacial score (nSPS) is 11.4. The van der Waals surface area contributed by atoms with E-state index in [0.29, 0.717) is 21.8 Å². The number of nitrogens with one attached hydrogen (secondary N) is 2. The zero-order valence-electron chi connectivity index (χ0n) is 10.2. The van der Waals surface area contributed by atoms with E-state index in [1.807, 2.05) is 0 Å². The van der Waals surface area contributed by atoms with Crippen LogP contribution < -0.4 is 5.69 Å². The first-order valence-electron chi connectivity index (χ1n) is 5.86. The van der Waals surface area contributed by atoms with Gasteiger partial charge in [-0.1, -0.05) is 11.6 Å². The number of aromatic nitrogens is 2. The number of aromatic amines is 2. The predicted octanol–water partition coefficient (Wildman–Crippen LogP) is 2.97. The van der Waals surface area contributed by atoms with Crippen molar-refractivity contribution in [3.63, 3.8) is 0 Å². The molecule has 0 amide bonds. The molecule has 0 fully saturated rings. The van der Waals surface area contributed by atoms with E-state index in [0.717, 1.165) is 5.52 Å². The van der Waals surface area contributed by atoms with E-state index >= 15 is 0 Å². The molecule has 0 bridgehead atoms. The van der Waals surface area contributed by atoms with Gasteiger partial charge in [-0.05, 0) is 36.4 Å². The average molecular weight is 288 g/mol. The number of halogens is 1. The molecule has 0 saturated carbocycles. The molecule has 0 saturated heterocycles. The fraction of sp³-hybridized carbons (Fsp3) is 0. The third kappa shape index (κ3) is 2.44. The van der Waals surface area contributed by atoms with E-state index in [1.54, 1.807) is 30.3 Å². The minimum absolute atomic E-state index is 0.106. The van der Waals surface area contributed by atoms with Crippen LogP contribution in [0.3, 0.4) is 0 Å². The standard InChI is InChI=1S/C14H10ClN3O2/c15-9-1-4-13(19)8(5-9)7-16-10-2-3-11-12(6-10)18-14(20)17-11/h1-7,19H,(H2,17,18,20)/b16-7+. The summed E-state index contributed by atoms with van der Waals surface area (Å²) in [7, 11) is 0. The molecule has 3 aromatic rings. The van der Waals surface area contributed by atoms with Gasteiger partial charge in [-0.15, -0.1) is 0 Å². The van der Waals surface area contributed by atoms with Gasteiger partial charge in [0.25, 0.3) is 0 Å². The first kappa shape index (κ1) is 12.5. The molecular weight excluding hydrogens is 278 g/mol. The molecule has 0 aliphatic heterocycles. The predicted molar refractivity (Wildman–Crippen MR) is 79.3 cm³/mol. The van der Waals surface area contributed by atoms with Gasteiger partial charge in [0.15, 0.2) is 0 Å². The van der Waals surface area contributed by atoms with Crippen LogP contribution in [0.25, 0.3) is 11.0 Å². The van der Waals surface area contributed by atoms with Crippen LogP contribution in [0.15, 0.2) is 46.2 Å². The third-order valence-corrected chi connectivity index (χ3v) is 3.08. The monoisotopic (exact) mass is 287 g/mol. The van der Waals surface area contributed by atoms with Gasteiger partial charge in [-0.2, -0.15) is 0 Å². The van der Waals surface area contributed by atoms with Crippen LogP contribution in [0, 0.1) is 0 Å². The zero-order chi connectivity index (χ0) is 14.1. The fourth-order valence-electron chi connectivity index (χ4n) is 1.87. The molecule has 3 N–H and O–H groups in total. The molecular formula is C14H10ClN3O2. The van der Waals surface area contributed by atoms with Crippen molar-refractivity contribution in [2.45, 2.75) is 0 Å². The lowest BCUT2D eigenvalue weighted by Crippen LogP contribution is -1.99. The van der Waals surface area contributed by atoms with E-state index in [9.17, 15) is 9.90 Å².